The Labute approximate surface area is 185 Å². The van der Waals surface area contributed by atoms with Crippen LogP contribution >= 0.6 is 0 Å². The van der Waals surface area contributed by atoms with E-state index < -0.39 is 63.9 Å². The SMILES string of the molecule is [C-]#[N+]c1ccc(O[C@H]2CN(S(=O)(=O)c3ccc(OC(F)(F)F)cn3)C[C@@]2(O)[C@@H](C)O)cc1F. The largest absolute Gasteiger partial charge is 0.573 e. The van der Waals surface area contributed by atoms with Crippen molar-refractivity contribution >= 4 is 15.7 Å². The Morgan fingerprint density at radius 1 is 1.30 bits per heavy atom. The van der Waals surface area contributed by atoms with Crippen LogP contribution in [0, 0.1) is 12.4 Å². The number of nitrogens with zero attached hydrogens (tertiary/aromatic N) is 3. The second-order valence-electron chi connectivity index (χ2n) is 7.18. The average molecular weight is 491 g/mol. The third kappa shape index (κ3) is 5.17. The Bertz CT molecular complexity index is 1170. The van der Waals surface area contributed by atoms with Gasteiger partial charge >= 0.3 is 6.36 Å². The number of ether oxygens (including phenoxy) is 2. The molecule has 33 heavy (non-hydrogen) atoms. The Balaban J connectivity index is 1.85. The van der Waals surface area contributed by atoms with Gasteiger partial charge in [-0.2, -0.15) is 4.31 Å². The molecule has 1 aromatic heterocycles. The van der Waals surface area contributed by atoms with Crippen LogP contribution in [-0.2, 0) is 10.0 Å². The number of sulfonamides is 1. The van der Waals surface area contributed by atoms with E-state index >= 15 is 0 Å². The summed E-state index contributed by atoms with van der Waals surface area (Å²) < 4.78 is 86.6. The highest BCUT2D eigenvalue weighted by atomic mass is 32.2. The highest BCUT2D eigenvalue weighted by Gasteiger charge is 2.54. The number of halogens is 4. The van der Waals surface area contributed by atoms with E-state index in [0.717, 1.165) is 28.6 Å². The highest BCUT2D eigenvalue weighted by molar-refractivity contribution is 7.89. The molecule has 0 bridgehead atoms. The third-order valence-corrected chi connectivity index (χ3v) is 6.67. The molecule has 0 saturated carbocycles. The van der Waals surface area contributed by atoms with Crippen LogP contribution < -0.4 is 9.47 Å². The molecule has 1 aliphatic rings. The van der Waals surface area contributed by atoms with Crippen LogP contribution in [0.5, 0.6) is 11.5 Å². The fraction of sp³-hybridized carbons (Fsp3) is 0.368. The monoisotopic (exact) mass is 491 g/mol. The number of aromatic nitrogens is 1. The van der Waals surface area contributed by atoms with Crippen molar-refractivity contribution in [3.8, 4) is 11.5 Å². The molecule has 1 aliphatic heterocycles. The molecule has 0 spiro atoms. The molecule has 2 aromatic rings. The molecule has 178 valence electrons. The van der Waals surface area contributed by atoms with Crippen LogP contribution in [0.25, 0.3) is 4.85 Å². The maximum Gasteiger partial charge on any atom is 0.573 e. The maximum absolute atomic E-state index is 13.9. The number of aliphatic hydroxyl groups excluding tert-OH is 1. The fourth-order valence-corrected chi connectivity index (χ4v) is 4.58. The predicted molar refractivity (Wildman–Crippen MR) is 103 cm³/mol. The number of hydrogen-bond acceptors (Lipinski definition) is 7. The smallest absolute Gasteiger partial charge is 0.486 e. The minimum absolute atomic E-state index is 0.116. The van der Waals surface area contributed by atoms with Crippen LogP contribution in [0.2, 0.25) is 0 Å². The molecule has 3 rings (SSSR count). The van der Waals surface area contributed by atoms with Gasteiger partial charge in [0.25, 0.3) is 10.0 Å². The van der Waals surface area contributed by atoms with Gasteiger partial charge in [0.1, 0.15) is 29.0 Å². The first-order valence-electron chi connectivity index (χ1n) is 9.22. The summed E-state index contributed by atoms with van der Waals surface area (Å²) in [5.74, 6) is -1.74. The van der Waals surface area contributed by atoms with Crippen molar-refractivity contribution in [3.05, 3.63) is 53.8 Å². The molecular weight excluding hydrogens is 474 g/mol. The summed E-state index contributed by atoms with van der Waals surface area (Å²) in [5.41, 5.74) is -2.38. The molecule has 1 saturated heterocycles. The molecule has 3 atom stereocenters. The number of aliphatic hydroxyl groups is 2. The van der Waals surface area contributed by atoms with Gasteiger partial charge in [0.05, 0.1) is 25.4 Å². The molecule has 1 fully saturated rings. The number of pyridine rings is 1. The zero-order valence-electron chi connectivity index (χ0n) is 16.8. The first-order chi connectivity index (χ1) is 15.3. The summed E-state index contributed by atoms with van der Waals surface area (Å²) in [7, 11) is -4.43. The van der Waals surface area contributed by atoms with Crippen LogP contribution in [0.3, 0.4) is 0 Å². The van der Waals surface area contributed by atoms with Crippen LogP contribution in [0.15, 0.2) is 41.6 Å². The van der Waals surface area contributed by atoms with Crippen molar-refractivity contribution < 1.29 is 45.7 Å². The molecule has 0 aliphatic carbocycles. The quantitative estimate of drug-likeness (QED) is 0.471. The molecule has 0 amide bonds. The van der Waals surface area contributed by atoms with Crippen molar-refractivity contribution in [2.45, 2.75) is 36.1 Å². The van der Waals surface area contributed by atoms with E-state index in [1.807, 2.05) is 0 Å². The van der Waals surface area contributed by atoms with Crippen LogP contribution in [0.4, 0.5) is 23.2 Å². The van der Waals surface area contributed by atoms with Crippen molar-refractivity contribution in [1.29, 1.82) is 0 Å². The molecule has 0 radical (unpaired) electrons. The van der Waals surface area contributed by atoms with Gasteiger partial charge in [-0.15, -0.1) is 13.2 Å². The molecule has 2 heterocycles. The summed E-state index contributed by atoms with van der Waals surface area (Å²) in [6.07, 6.45) is -7.24. The third-order valence-electron chi connectivity index (χ3n) is 4.95. The van der Waals surface area contributed by atoms with Gasteiger partial charge in [-0.05, 0) is 31.2 Å². The second-order valence-corrected chi connectivity index (χ2v) is 9.06. The topological polar surface area (TPSA) is 114 Å². The van der Waals surface area contributed by atoms with Gasteiger partial charge in [-0.1, -0.05) is 0 Å². The van der Waals surface area contributed by atoms with Crippen molar-refractivity contribution in [2.24, 2.45) is 0 Å². The fourth-order valence-electron chi connectivity index (χ4n) is 3.18. The Hall–Kier alpha value is -2.99. The number of hydrogen-bond donors (Lipinski definition) is 2. The van der Waals surface area contributed by atoms with E-state index in [2.05, 4.69) is 14.6 Å². The summed E-state index contributed by atoms with van der Waals surface area (Å²) >= 11 is 0. The molecule has 0 unspecified atom stereocenters. The van der Waals surface area contributed by atoms with Gasteiger partial charge in [0.2, 0.25) is 5.69 Å². The standard InChI is InChI=1S/C19H17F4N3O6S/c1-11(27)18(28)10-26(9-16(18)31-12-3-5-15(24-2)14(20)7-12)33(29,30)17-6-4-13(8-25-17)32-19(21,22)23/h3-8,11,16,27-28H,9-10H2,1H3/t11-,16+,18-/m1/s1. The summed E-state index contributed by atoms with van der Waals surface area (Å²) in [5, 5.41) is 20.4. The zero-order valence-corrected chi connectivity index (χ0v) is 17.6. The Kier molecular flexibility index (Phi) is 6.53. The zero-order chi connectivity index (χ0) is 24.6. The van der Waals surface area contributed by atoms with Gasteiger partial charge in [0, 0.05) is 12.6 Å². The lowest BCUT2D eigenvalue weighted by atomic mass is 9.94. The number of β-amino-alcohol motifs (C(OH)–C–C–N with tert-alkyl or cyclic N) is 1. The summed E-state index contributed by atoms with van der Waals surface area (Å²) in [6, 6.07) is 4.83. The maximum atomic E-state index is 13.9. The minimum atomic E-state index is -4.98. The van der Waals surface area contributed by atoms with Crippen LogP contribution in [0.1, 0.15) is 6.92 Å². The number of rotatable bonds is 6. The van der Waals surface area contributed by atoms with E-state index in [1.54, 1.807) is 0 Å². The van der Waals surface area contributed by atoms with E-state index in [-0.39, 0.29) is 11.4 Å². The lowest BCUT2D eigenvalue weighted by molar-refractivity contribution is -0.274. The summed E-state index contributed by atoms with van der Waals surface area (Å²) in [6.45, 7) is 6.94. The van der Waals surface area contributed by atoms with Crippen molar-refractivity contribution in [1.82, 2.24) is 9.29 Å². The van der Waals surface area contributed by atoms with Gasteiger partial charge in [-0.3, -0.25) is 0 Å². The predicted octanol–water partition coefficient (Wildman–Crippen LogP) is 2.23. The number of benzene rings is 1. The normalized spacial score (nSPS) is 22.5. The van der Waals surface area contributed by atoms with Gasteiger partial charge in [0.15, 0.2) is 5.03 Å². The van der Waals surface area contributed by atoms with E-state index in [1.165, 1.54) is 13.0 Å². The first kappa shape index (κ1) is 24.6. The number of alkyl halides is 3. The Morgan fingerprint density at radius 3 is 2.48 bits per heavy atom. The Morgan fingerprint density at radius 2 is 1.97 bits per heavy atom. The second kappa shape index (κ2) is 8.75. The van der Waals surface area contributed by atoms with E-state index in [0.29, 0.717) is 6.20 Å². The highest BCUT2D eigenvalue weighted by Crippen LogP contribution is 2.34. The summed E-state index contributed by atoms with van der Waals surface area (Å²) in [4.78, 5) is 6.46. The van der Waals surface area contributed by atoms with Crippen LogP contribution in [-0.4, -0.2) is 65.2 Å². The molecular formula is C19H17F4N3O6S. The first-order valence-corrected chi connectivity index (χ1v) is 10.7. The minimum Gasteiger partial charge on any atom is -0.486 e. The lowest BCUT2D eigenvalue weighted by Gasteiger charge is -2.31. The van der Waals surface area contributed by atoms with Gasteiger partial charge in [-0.25, -0.2) is 22.6 Å². The average Bonchev–Trinajstić information content (AvgIpc) is 3.06. The van der Waals surface area contributed by atoms with E-state index in [4.69, 9.17) is 11.3 Å². The van der Waals surface area contributed by atoms with Crippen molar-refractivity contribution in [2.75, 3.05) is 13.1 Å². The molecule has 2 N–H and O–H groups in total. The van der Waals surface area contributed by atoms with Crippen molar-refractivity contribution in [3.63, 3.8) is 0 Å². The molecule has 1 aromatic carbocycles. The molecule has 14 heteroatoms. The molecule has 9 nitrogen and oxygen atoms in total. The van der Waals surface area contributed by atoms with E-state index in [9.17, 15) is 36.2 Å². The lowest BCUT2D eigenvalue weighted by Crippen LogP contribution is -2.53. The van der Waals surface area contributed by atoms with Gasteiger partial charge < -0.3 is 19.7 Å².